The van der Waals surface area contributed by atoms with E-state index in [1.54, 1.807) is 14.2 Å². The van der Waals surface area contributed by atoms with Gasteiger partial charge < -0.3 is 0 Å². The number of hydrogen-bond donors (Lipinski definition) is 0. The van der Waals surface area contributed by atoms with Gasteiger partial charge in [0, 0.05) is 0 Å². The molecule has 0 aliphatic heterocycles. The van der Waals surface area contributed by atoms with Gasteiger partial charge in [0.2, 0.25) is 0 Å². The van der Waals surface area contributed by atoms with Crippen molar-refractivity contribution in [2.45, 2.75) is 48.3 Å². The van der Waals surface area contributed by atoms with Crippen molar-refractivity contribution in [2.75, 3.05) is 14.2 Å². The molecule has 0 amide bonds. The van der Waals surface area contributed by atoms with Gasteiger partial charge >= 0.3 is 166 Å². The van der Waals surface area contributed by atoms with Crippen molar-refractivity contribution in [1.82, 2.24) is 0 Å². The number of methoxy groups -OCH3 is 2. The zero-order valence-corrected chi connectivity index (χ0v) is 18.8. The van der Waals surface area contributed by atoms with Crippen LogP contribution in [0.5, 0.6) is 5.75 Å². The molecule has 0 aromatic heterocycles. The van der Waals surface area contributed by atoms with Gasteiger partial charge in [0.1, 0.15) is 0 Å². The first kappa shape index (κ1) is 21.2. The molecule has 0 aliphatic carbocycles. The van der Waals surface area contributed by atoms with Gasteiger partial charge in [0.25, 0.3) is 0 Å². The third kappa shape index (κ3) is 4.98. The Morgan fingerprint density at radius 3 is 2.19 bits per heavy atom. The van der Waals surface area contributed by atoms with Crippen molar-refractivity contribution in [3.8, 4) is 5.75 Å². The molecule has 0 radical (unpaired) electrons. The number of ether oxygens (including phenoxy) is 2. The van der Waals surface area contributed by atoms with E-state index in [0.29, 0.717) is 0 Å². The predicted octanol–water partition coefficient (Wildman–Crippen LogP) is 4.13. The minimum atomic E-state index is -1.11. The zero-order chi connectivity index (χ0) is 19.3. The van der Waals surface area contributed by atoms with Crippen molar-refractivity contribution >= 4 is 30.2 Å². The van der Waals surface area contributed by atoms with Gasteiger partial charge in [-0.3, -0.25) is 0 Å². The fourth-order valence-electron chi connectivity index (χ4n) is 2.74. The Hall–Kier alpha value is -1.13. The Kier molecular flexibility index (Phi) is 7.48. The number of rotatable bonds is 7. The van der Waals surface area contributed by atoms with Crippen LogP contribution in [0.3, 0.4) is 0 Å². The molecule has 0 saturated carbocycles. The molecule has 2 aromatic rings. The Labute approximate surface area is 166 Å². The summed E-state index contributed by atoms with van der Waals surface area (Å²) in [4.78, 5) is 1.15. The topological polar surface area (TPSA) is 35.5 Å². The van der Waals surface area contributed by atoms with E-state index < -0.39 is 10.8 Å². The molecule has 3 atom stereocenters. The summed E-state index contributed by atoms with van der Waals surface area (Å²) in [6, 6.07) is 16.1. The fraction of sp³-hybridized carbons (Fsp3) is 0.429. The summed E-state index contributed by atoms with van der Waals surface area (Å²) in [6.45, 7) is 8.21. The van der Waals surface area contributed by atoms with Crippen LogP contribution in [0.25, 0.3) is 0 Å². The maximum atomic E-state index is 13.1. The van der Waals surface area contributed by atoms with E-state index in [0.717, 1.165) is 20.7 Å². The molecule has 0 heterocycles. The van der Waals surface area contributed by atoms with Crippen LogP contribution in [0.4, 0.5) is 0 Å². The van der Waals surface area contributed by atoms with Crippen LogP contribution in [-0.2, 0) is 15.5 Å². The monoisotopic (exact) mass is 440 g/mol. The molecule has 142 valence electrons. The SMILES string of the molecule is COc1cccc(S(=O)C(C)(C)C)c1[Se]C(C)C(OC)c1ccccc1. The molecule has 2 aromatic carbocycles. The summed E-state index contributed by atoms with van der Waals surface area (Å²) in [5.74, 6) is 0.815. The van der Waals surface area contributed by atoms with Crippen molar-refractivity contribution in [3.63, 3.8) is 0 Å². The Morgan fingerprint density at radius 2 is 1.65 bits per heavy atom. The fourth-order valence-corrected chi connectivity index (χ4v) is 7.14. The van der Waals surface area contributed by atoms with Crippen molar-refractivity contribution in [1.29, 1.82) is 0 Å². The van der Waals surface area contributed by atoms with E-state index >= 15 is 0 Å². The van der Waals surface area contributed by atoms with Gasteiger partial charge in [-0.15, -0.1) is 0 Å². The molecule has 0 fully saturated rings. The van der Waals surface area contributed by atoms with Crippen LogP contribution < -0.4 is 9.20 Å². The summed E-state index contributed by atoms with van der Waals surface area (Å²) in [7, 11) is 2.32. The van der Waals surface area contributed by atoms with Gasteiger partial charge in [-0.05, 0) is 0 Å². The number of hydrogen-bond acceptors (Lipinski definition) is 3. The normalized spacial score (nSPS) is 15.3. The first-order valence-electron chi connectivity index (χ1n) is 8.63. The molecule has 0 aliphatic rings. The second-order valence-electron chi connectivity index (χ2n) is 7.06. The summed E-state index contributed by atoms with van der Waals surface area (Å²) in [5.41, 5.74) is 1.16. The Bertz CT molecular complexity index is 741. The molecular weight excluding hydrogens is 411 g/mol. The molecular formula is C21H28O3SSe. The maximum absolute atomic E-state index is 13.1. The van der Waals surface area contributed by atoms with Crippen LogP contribution >= 0.6 is 0 Å². The molecule has 26 heavy (non-hydrogen) atoms. The second-order valence-corrected chi connectivity index (χ2v) is 12.2. The summed E-state index contributed by atoms with van der Waals surface area (Å²) in [5, 5.41) is 0. The van der Waals surface area contributed by atoms with E-state index in [1.807, 2.05) is 57.2 Å². The Balaban J connectivity index is 2.39. The van der Waals surface area contributed by atoms with Gasteiger partial charge in [0.15, 0.2) is 0 Å². The van der Waals surface area contributed by atoms with Gasteiger partial charge in [-0.2, -0.15) is 0 Å². The average Bonchev–Trinajstić information content (AvgIpc) is 2.62. The minimum absolute atomic E-state index is 0.00275. The predicted molar refractivity (Wildman–Crippen MR) is 110 cm³/mol. The van der Waals surface area contributed by atoms with E-state index in [1.165, 1.54) is 0 Å². The van der Waals surface area contributed by atoms with Crippen LogP contribution in [0.1, 0.15) is 39.4 Å². The summed E-state index contributed by atoms with van der Waals surface area (Å²) >= 11 is 0.0410. The second kappa shape index (κ2) is 9.18. The van der Waals surface area contributed by atoms with E-state index in [2.05, 4.69) is 19.1 Å². The Morgan fingerprint density at radius 1 is 1.00 bits per heavy atom. The van der Waals surface area contributed by atoms with Crippen molar-refractivity contribution in [2.24, 2.45) is 0 Å². The third-order valence-corrected chi connectivity index (χ3v) is 8.85. The quantitative estimate of drug-likeness (QED) is 0.609. The van der Waals surface area contributed by atoms with Crippen LogP contribution in [0, 0.1) is 0 Å². The number of benzene rings is 2. The molecule has 0 N–H and O–H groups in total. The standard InChI is InChI=1S/C21H28O3SSe/c1-15(19(24-6)16-11-8-7-9-12-16)26-20-17(23-5)13-10-14-18(20)25(22)21(2,3)4/h7-15,19H,1-6H3. The molecule has 3 nitrogen and oxygen atoms in total. The summed E-state index contributed by atoms with van der Waals surface area (Å²) < 4.78 is 25.3. The van der Waals surface area contributed by atoms with E-state index in [9.17, 15) is 4.21 Å². The van der Waals surface area contributed by atoms with Crippen LogP contribution in [0.2, 0.25) is 4.82 Å². The molecule has 0 bridgehead atoms. The van der Waals surface area contributed by atoms with Gasteiger partial charge in [0.05, 0.1) is 0 Å². The van der Waals surface area contributed by atoms with Gasteiger partial charge in [-0.25, -0.2) is 0 Å². The summed E-state index contributed by atoms with van der Waals surface area (Å²) in [6.07, 6.45) is -0.00275. The molecule has 3 unspecified atom stereocenters. The molecule has 5 heteroatoms. The van der Waals surface area contributed by atoms with Crippen molar-refractivity contribution in [3.05, 3.63) is 54.1 Å². The molecule has 2 rings (SSSR count). The molecule has 0 saturated heterocycles. The van der Waals surface area contributed by atoms with E-state index in [4.69, 9.17) is 9.47 Å². The molecule has 0 spiro atoms. The van der Waals surface area contributed by atoms with Gasteiger partial charge in [-0.1, -0.05) is 0 Å². The zero-order valence-electron chi connectivity index (χ0n) is 16.3. The third-order valence-electron chi connectivity index (χ3n) is 4.03. The first-order valence-corrected chi connectivity index (χ1v) is 11.6. The van der Waals surface area contributed by atoms with Crippen molar-refractivity contribution < 1.29 is 13.7 Å². The van der Waals surface area contributed by atoms with E-state index in [-0.39, 0.29) is 30.6 Å². The van der Waals surface area contributed by atoms with Crippen LogP contribution in [0.15, 0.2) is 53.4 Å². The van der Waals surface area contributed by atoms with Crippen LogP contribution in [-0.4, -0.2) is 38.1 Å². The average molecular weight is 439 g/mol. The first-order chi connectivity index (χ1) is 12.3.